The molecule has 11 heteroatoms. The zero-order valence-corrected chi connectivity index (χ0v) is 24.2. The van der Waals surface area contributed by atoms with Crippen LogP contribution in [0, 0.1) is 13.8 Å². The third kappa shape index (κ3) is 6.56. The van der Waals surface area contributed by atoms with Crippen LogP contribution in [0.2, 0.25) is 0 Å². The summed E-state index contributed by atoms with van der Waals surface area (Å²) in [6.07, 6.45) is -5.30. The van der Waals surface area contributed by atoms with Gasteiger partial charge in [-0.1, -0.05) is 42.5 Å². The highest BCUT2D eigenvalue weighted by Gasteiger charge is 2.38. The second-order valence-corrected chi connectivity index (χ2v) is 10.2. The Balaban J connectivity index is 1.58. The van der Waals surface area contributed by atoms with E-state index in [1.54, 1.807) is 19.1 Å². The van der Waals surface area contributed by atoms with Crippen LogP contribution >= 0.6 is 0 Å². The summed E-state index contributed by atoms with van der Waals surface area (Å²) in [6.45, 7) is 7.19. The van der Waals surface area contributed by atoms with Crippen LogP contribution in [-0.2, 0) is 24.5 Å². The van der Waals surface area contributed by atoms with Crippen LogP contribution in [0.1, 0.15) is 36.4 Å². The van der Waals surface area contributed by atoms with Gasteiger partial charge in [-0.15, -0.1) is 5.10 Å². The summed E-state index contributed by atoms with van der Waals surface area (Å²) < 4.78 is 61.0. The van der Waals surface area contributed by atoms with Crippen molar-refractivity contribution in [3.05, 3.63) is 106 Å². The van der Waals surface area contributed by atoms with Gasteiger partial charge in [-0.3, -0.25) is 4.57 Å². The number of pyridine rings is 1. The maximum atomic E-state index is 13.7. The Kier molecular flexibility index (Phi) is 8.54. The molecule has 0 radical (unpaired) electrons. The molecule has 43 heavy (non-hydrogen) atoms. The molecule has 0 amide bonds. The monoisotopic (exact) mass is 592 g/mol. The Hall–Kier alpha value is -4.64. The first kappa shape index (κ1) is 29.8. The van der Waals surface area contributed by atoms with Crippen molar-refractivity contribution in [2.24, 2.45) is 0 Å². The first-order valence-corrected chi connectivity index (χ1v) is 13.8. The van der Waals surface area contributed by atoms with Crippen molar-refractivity contribution in [2.75, 3.05) is 0 Å². The standard InChI is InChI=1S/C32H31F3N4O4/c1-5-38-28(19-41-18-23-9-7-6-8-10-23)37-39(31(38)40)25-16-24-13-14-36-30(43-26-15-20(2)11-12-21(26)3)29(24)27(17-25)42-22(4)32(33,34)35/h6-17,22H,5,18-19H2,1-4H3. The van der Waals surface area contributed by atoms with Crippen LogP contribution in [0.25, 0.3) is 16.5 Å². The quantitative estimate of drug-likeness (QED) is 0.173. The molecule has 3 aromatic carbocycles. The lowest BCUT2D eigenvalue weighted by atomic mass is 10.1. The average molecular weight is 593 g/mol. The highest BCUT2D eigenvalue weighted by molar-refractivity contribution is 5.94. The zero-order valence-electron chi connectivity index (χ0n) is 24.2. The molecule has 0 aliphatic carbocycles. The van der Waals surface area contributed by atoms with Crippen LogP contribution in [-0.4, -0.2) is 31.6 Å². The van der Waals surface area contributed by atoms with Gasteiger partial charge in [-0.2, -0.15) is 17.9 Å². The number of aryl methyl sites for hydroxylation is 2. The number of rotatable bonds is 10. The molecule has 0 saturated heterocycles. The van der Waals surface area contributed by atoms with E-state index < -0.39 is 18.0 Å². The topological polar surface area (TPSA) is 80.4 Å². The number of hydrogen-bond donors (Lipinski definition) is 0. The van der Waals surface area contributed by atoms with E-state index >= 15 is 0 Å². The molecule has 0 aliphatic rings. The molecule has 1 unspecified atom stereocenters. The molecule has 224 valence electrons. The molecule has 0 bridgehead atoms. The summed E-state index contributed by atoms with van der Waals surface area (Å²) >= 11 is 0. The largest absolute Gasteiger partial charge is 0.480 e. The number of nitrogens with zero attached hydrogens (tertiary/aromatic N) is 4. The first-order chi connectivity index (χ1) is 20.5. The number of halogens is 3. The van der Waals surface area contributed by atoms with Gasteiger partial charge in [0.1, 0.15) is 18.1 Å². The highest BCUT2D eigenvalue weighted by Crippen LogP contribution is 2.39. The van der Waals surface area contributed by atoms with Gasteiger partial charge in [0.05, 0.1) is 17.7 Å². The number of aromatic nitrogens is 4. The van der Waals surface area contributed by atoms with E-state index in [9.17, 15) is 18.0 Å². The van der Waals surface area contributed by atoms with Crippen LogP contribution in [0.15, 0.2) is 77.7 Å². The fourth-order valence-corrected chi connectivity index (χ4v) is 4.57. The second kappa shape index (κ2) is 12.3. The predicted molar refractivity (Wildman–Crippen MR) is 156 cm³/mol. The molecule has 0 fully saturated rings. The number of alkyl halides is 3. The van der Waals surface area contributed by atoms with Gasteiger partial charge in [-0.05, 0) is 68.0 Å². The third-order valence-electron chi connectivity index (χ3n) is 6.93. The fourth-order valence-electron chi connectivity index (χ4n) is 4.57. The molecular formula is C32H31F3N4O4. The summed E-state index contributed by atoms with van der Waals surface area (Å²) in [5.74, 6) is 0.814. The summed E-state index contributed by atoms with van der Waals surface area (Å²) in [6, 6.07) is 19.8. The first-order valence-electron chi connectivity index (χ1n) is 13.8. The summed E-state index contributed by atoms with van der Waals surface area (Å²) in [5.41, 5.74) is 2.50. The normalized spacial score (nSPS) is 12.4. The van der Waals surface area contributed by atoms with Gasteiger partial charge >= 0.3 is 11.9 Å². The molecule has 5 rings (SSSR count). The second-order valence-electron chi connectivity index (χ2n) is 10.2. The van der Waals surface area contributed by atoms with E-state index in [2.05, 4.69) is 10.1 Å². The van der Waals surface area contributed by atoms with Gasteiger partial charge < -0.3 is 14.2 Å². The molecule has 0 aliphatic heterocycles. The number of ether oxygens (including phenoxy) is 3. The van der Waals surface area contributed by atoms with Gasteiger partial charge in [0.2, 0.25) is 5.88 Å². The van der Waals surface area contributed by atoms with E-state index in [0.717, 1.165) is 28.3 Å². The average Bonchev–Trinajstić information content (AvgIpc) is 3.29. The minimum absolute atomic E-state index is 0.0603. The molecule has 1 atom stereocenters. The molecule has 8 nitrogen and oxygen atoms in total. The Morgan fingerprint density at radius 3 is 2.44 bits per heavy atom. The van der Waals surface area contributed by atoms with Crippen molar-refractivity contribution in [3.8, 4) is 23.1 Å². The van der Waals surface area contributed by atoms with Crippen LogP contribution < -0.4 is 15.2 Å². The number of fused-ring (bicyclic) bond motifs is 1. The molecular weight excluding hydrogens is 561 g/mol. The van der Waals surface area contributed by atoms with E-state index in [-0.39, 0.29) is 29.3 Å². The van der Waals surface area contributed by atoms with Gasteiger partial charge in [0.15, 0.2) is 11.9 Å². The van der Waals surface area contributed by atoms with Gasteiger partial charge in [0.25, 0.3) is 0 Å². The molecule has 0 N–H and O–H groups in total. The van der Waals surface area contributed by atoms with E-state index in [4.69, 9.17) is 14.2 Å². The molecule has 0 spiro atoms. The van der Waals surface area contributed by atoms with E-state index in [1.807, 2.05) is 62.4 Å². The highest BCUT2D eigenvalue weighted by atomic mass is 19.4. The minimum Gasteiger partial charge on any atom is -0.480 e. The Morgan fingerprint density at radius 2 is 1.72 bits per heavy atom. The third-order valence-corrected chi connectivity index (χ3v) is 6.93. The zero-order chi connectivity index (χ0) is 30.7. The van der Waals surface area contributed by atoms with Crippen molar-refractivity contribution >= 4 is 10.8 Å². The van der Waals surface area contributed by atoms with Crippen LogP contribution in [0.4, 0.5) is 13.2 Å². The predicted octanol–water partition coefficient (Wildman–Crippen LogP) is 7.06. The fraction of sp³-hybridized carbons (Fsp3) is 0.281. The van der Waals surface area contributed by atoms with E-state index in [0.29, 0.717) is 30.1 Å². The molecule has 0 saturated carbocycles. The summed E-state index contributed by atoms with van der Waals surface area (Å²) in [7, 11) is 0. The molecule has 5 aromatic rings. The van der Waals surface area contributed by atoms with Crippen LogP contribution in [0.3, 0.4) is 0 Å². The van der Waals surface area contributed by atoms with Crippen LogP contribution in [0.5, 0.6) is 17.4 Å². The van der Waals surface area contributed by atoms with Gasteiger partial charge in [-0.25, -0.2) is 9.78 Å². The smallest absolute Gasteiger partial charge is 0.425 e. The maximum Gasteiger partial charge on any atom is 0.425 e. The van der Waals surface area contributed by atoms with Crippen molar-refractivity contribution < 1.29 is 27.4 Å². The van der Waals surface area contributed by atoms with E-state index in [1.165, 1.54) is 16.8 Å². The summed E-state index contributed by atoms with van der Waals surface area (Å²) in [5, 5.41) is 5.18. The van der Waals surface area contributed by atoms with Gasteiger partial charge in [0, 0.05) is 18.8 Å². The van der Waals surface area contributed by atoms with Crippen molar-refractivity contribution in [2.45, 2.75) is 59.7 Å². The van der Waals surface area contributed by atoms with Crippen molar-refractivity contribution in [3.63, 3.8) is 0 Å². The number of hydrogen-bond acceptors (Lipinski definition) is 6. The lowest BCUT2D eigenvalue weighted by Gasteiger charge is -2.20. The Morgan fingerprint density at radius 1 is 0.953 bits per heavy atom. The lowest BCUT2D eigenvalue weighted by molar-refractivity contribution is -0.189. The SMILES string of the molecule is CCn1c(COCc2ccccc2)nn(-c2cc(OC(C)C(F)(F)F)c3c(Oc4cc(C)ccc4C)nccc3c2)c1=O. The Labute approximate surface area is 246 Å². The molecule has 2 heterocycles. The Bertz CT molecular complexity index is 1800. The van der Waals surface area contributed by atoms with Crippen molar-refractivity contribution in [1.29, 1.82) is 0 Å². The lowest BCUT2D eigenvalue weighted by Crippen LogP contribution is -2.31. The number of benzene rings is 3. The van der Waals surface area contributed by atoms with Crippen molar-refractivity contribution in [1.82, 2.24) is 19.3 Å². The summed E-state index contributed by atoms with van der Waals surface area (Å²) in [4.78, 5) is 17.7. The maximum absolute atomic E-state index is 13.7. The minimum atomic E-state index is -4.64. The molecule has 2 aromatic heterocycles.